The van der Waals surface area contributed by atoms with E-state index < -0.39 is 12.0 Å². The van der Waals surface area contributed by atoms with Crippen molar-refractivity contribution >= 4 is 17.7 Å². The molecule has 2 amide bonds. The second-order valence-corrected chi connectivity index (χ2v) is 6.26. The molecule has 0 spiro atoms. The predicted molar refractivity (Wildman–Crippen MR) is 100 cm³/mol. The summed E-state index contributed by atoms with van der Waals surface area (Å²) in [7, 11) is 3.08. The number of aliphatic carboxylic acids is 1. The van der Waals surface area contributed by atoms with Crippen LogP contribution in [0.15, 0.2) is 42.5 Å². The van der Waals surface area contributed by atoms with Crippen LogP contribution in [0, 0.1) is 0 Å². The van der Waals surface area contributed by atoms with Crippen molar-refractivity contribution in [1.82, 2.24) is 4.90 Å². The van der Waals surface area contributed by atoms with E-state index in [-0.39, 0.29) is 12.5 Å². The minimum absolute atomic E-state index is 0.190. The molecule has 1 unspecified atom stereocenters. The summed E-state index contributed by atoms with van der Waals surface area (Å²) in [4.78, 5) is 25.8. The van der Waals surface area contributed by atoms with Gasteiger partial charge in [-0.05, 0) is 41.8 Å². The van der Waals surface area contributed by atoms with E-state index in [9.17, 15) is 14.7 Å². The monoisotopic (exact) mass is 370 g/mol. The van der Waals surface area contributed by atoms with Crippen molar-refractivity contribution < 1.29 is 24.2 Å². The summed E-state index contributed by atoms with van der Waals surface area (Å²) < 4.78 is 10.7. The van der Waals surface area contributed by atoms with Crippen LogP contribution in [0.3, 0.4) is 0 Å². The molecule has 1 aliphatic heterocycles. The molecule has 0 aromatic heterocycles. The van der Waals surface area contributed by atoms with Crippen LogP contribution in [0.5, 0.6) is 11.5 Å². The molecular weight excluding hydrogens is 348 g/mol. The number of carbonyl (C=O) groups is 2. The summed E-state index contributed by atoms with van der Waals surface area (Å²) in [6.45, 7) is 0.416. The quantitative estimate of drug-likeness (QED) is 0.843. The molecule has 0 radical (unpaired) electrons. The maximum Gasteiger partial charge on any atom is 0.322 e. The predicted octanol–water partition coefficient (Wildman–Crippen LogP) is 3.31. The molecule has 0 aliphatic carbocycles. The maximum atomic E-state index is 12.8. The Labute approximate surface area is 157 Å². The Morgan fingerprint density at radius 2 is 1.81 bits per heavy atom. The van der Waals surface area contributed by atoms with E-state index in [0.29, 0.717) is 30.2 Å². The molecular formula is C20H22N2O5. The van der Waals surface area contributed by atoms with Gasteiger partial charge in [0.15, 0.2) is 11.5 Å². The van der Waals surface area contributed by atoms with Gasteiger partial charge in [0, 0.05) is 12.2 Å². The third-order valence-corrected chi connectivity index (χ3v) is 4.66. The highest BCUT2D eigenvalue weighted by Gasteiger charge is 2.33. The smallest absolute Gasteiger partial charge is 0.322 e. The van der Waals surface area contributed by atoms with E-state index >= 15 is 0 Å². The summed E-state index contributed by atoms with van der Waals surface area (Å²) in [6, 6.07) is 11.8. The van der Waals surface area contributed by atoms with Gasteiger partial charge in [-0.15, -0.1) is 0 Å². The number of rotatable bonds is 5. The van der Waals surface area contributed by atoms with Crippen LogP contribution in [-0.2, 0) is 11.2 Å². The second-order valence-electron chi connectivity index (χ2n) is 6.26. The number of hydrogen-bond donors (Lipinski definition) is 2. The lowest BCUT2D eigenvalue weighted by molar-refractivity contribution is -0.138. The zero-order valence-electron chi connectivity index (χ0n) is 15.3. The van der Waals surface area contributed by atoms with Crippen LogP contribution >= 0.6 is 0 Å². The molecule has 0 saturated carbocycles. The normalized spacial score (nSPS) is 15.6. The van der Waals surface area contributed by atoms with Crippen LogP contribution in [0.2, 0.25) is 0 Å². The first-order chi connectivity index (χ1) is 13.0. The van der Waals surface area contributed by atoms with Crippen molar-refractivity contribution in [2.75, 3.05) is 26.1 Å². The minimum Gasteiger partial charge on any atom is -0.493 e. The van der Waals surface area contributed by atoms with Gasteiger partial charge in [-0.3, -0.25) is 4.79 Å². The topological polar surface area (TPSA) is 88.1 Å². The zero-order chi connectivity index (χ0) is 19.4. The molecule has 1 aliphatic rings. The average Bonchev–Trinajstić information content (AvgIpc) is 2.67. The molecule has 0 saturated heterocycles. The molecule has 0 bridgehead atoms. The van der Waals surface area contributed by atoms with E-state index in [0.717, 1.165) is 11.1 Å². The van der Waals surface area contributed by atoms with Crippen LogP contribution in [0.1, 0.15) is 23.6 Å². The fraction of sp³-hybridized carbons (Fsp3) is 0.300. The third-order valence-electron chi connectivity index (χ3n) is 4.66. The van der Waals surface area contributed by atoms with Gasteiger partial charge in [0.25, 0.3) is 0 Å². The number of nitrogens with one attached hydrogen (secondary N) is 1. The molecule has 2 N–H and O–H groups in total. The number of amides is 2. The van der Waals surface area contributed by atoms with Gasteiger partial charge in [0.2, 0.25) is 0 Å². The SMILES string of the molecule is COc1cc2c(cc1OC)C(CC(=O)O)N(C(=O)Nc1ccccc1)CC2. The van der Waals surface area contributed by atoms with Crippen LogP contribution in [0.25, 0.3) is 0 Å². The first kappa shape index (κ1) is 18.6. The van der Waals surface area contributed by atoms with Crippen molar-refractivity contribution in [3.63, 3.8) is 0 Å². The molecule has 142 valence electrons. The van der Waals surface area contributed by atoms with Gasteiger partial charge >= 0.3 is 12.0 Å². The van der Waals surface area contributed by atoms with Gasteiger partial charge in [-0.2, -0.15) is 0 Å². The fourth-order valence-corrected chi connectivity index (χ4v) is 3.37. The molecule has 2 aromatic carbocycles. The van der Waals surface area contributed by atoms with E-state index in [1.165, 1.54) is 7.11 Å². The number of nitrogens with zero attached hydrogens (tertiary/aromatic N) is 1. The van der Waals surface area contributed by atoms with Crippen molar-refractivity contribution in [2.24, 2.45) is 0 Å². The van der Waals surface area contributed by atoms with E-state index in [2.05, 4.69) is 5.32 Å². The Bertz CT molecular complexity index is 838. The Morgan fingerprint density at radius 1 is 1.15 bits per heavy atom. The van der Waals surface area contributed by atoms with Crippen molar-refractivity contribution in [1.29, 1.82) is 0 Å². The largest absolute Gasteiger partial charge is 0.493 e. The fourth-order valence-electron chi connectivity index (χ4n) is 3.37. The maximum absolute atomic E-state index is 12.8. The summed E-state index contributed by atoms with van der Waals surface area (Å²) in [6.07, 6.45) is 0.415. The van der Waals surface area contributed by atoms with Crippen molar-refractivity contribution in [3.05, 3.63) is 53.6 Å². The molecule has 7 heteroatoms. The van der Waals surface area contributed by atoms with E-state index in [1.807, 2.05) is 24.3 Å². The Kier molecular flexibility index (Phi) is 5.49. The lowest BCUT2D eigenvalue weighted by atomic mass is 9.90. The number of hydrogen-bond acceptors (Lipinski definition) is 4. The number of anilines is 1. The first-order valence-corrected chi connectivity index (χ1v) is 8.62. The number of fused-ring (bicyclic) bond motifs is 1. The molecule has 7 nitrogen and oxygen atoms in total. The number of carboxylic acids is 1. The van der Waals surface area contributed by atoms with Gasteiger partial charge in [-0.1, -0.05) is 18.2 Å². The Balaban J connectivity index is 1.94. The highest BCUT2D eigenvalue weighted by Crippen LogP contribution is 2.39. The molecule has 3 rings (SSSR count). The van der Waals surface area contributed by atoms with Crippen LogP contribution in [-0.4, -0.2) is 42.8 Å². The summed E-state index contributed by atoms with van der Waals surface area (Å²) in [5, 5.41) is 12.2. The van der Waals surface area contributed by atoms with Gasteiger partial charge in [0.05, 0.1) is 26.7 Å². The lowest BCUT2D eigenvalue weighted by Crippen LogP contribution is -2.43. The Morgan fingerprint density at radius 3 is 2.44 bits per heavy atom. The molecule has 0 fully saturated rings. The summed E-state index contributed by atoms with van der Waals surface area (Å²) >= 11 is 0. The van der Waals surface area contributed by atoms with E-state index in [1.54, 1.807) is 30.2 Å². The second kappa shape index (κ2) is 7.99. The molecule has 1 heterocycles. The zero-order valence-corrected chi connectivity index (χ0v) is 15.3. The number of benzene rings is 2. The van der Waals surface area contributed by atoms with Gasteiger partial charge in [-0.25, -0.2) is 4.79 Å². The minimum atomic E-state index is -0.972. The standard InChI is InChI=1S/C20H22N2O5/c1-26-17-10-13-8-9-22(20(25)21-14-6-4-3-5-7-14)16(12-19(23)24)15(13)11-18(17)27-2/h3-7,10-11,16H,8-9,12H2,1-2H3,(H,21,25)(H,23,24). The highest BCUT2D eigenvalue weighted by atomic mass is 16.5. The van der Waals surface area contributed by atoms with Gasteiger partial charge in [0.1, 0.15) is 0 Å². The van der Waals surface area contributed by atoms with Crippen molar-refractivity contribution in [2.45, 2.75) is 18.9 Å². The molecule has 2 aromatic rings. The van der Waals surface area contributed by atoms with Crippen molar-refractivity contribution in [3.8, 4) is 11.5 Å². The number of carboxylic acid groups (broad SMARTS) is 1. The Hall–Kier alpha value is -3.22. The molecule has 27 heavy (non-hydrogen) atoms. The summed E-state index contributed by atoms with van der Waals surface area (Å²) in [5.41, 5.74) is 2.39. The van der Waals surface area contributed by atoms with Gasteiger partial charge < -0.3 is 24.8 Å². The lowest BCUT2D eigenvalue weighted by Gasteiger charge is -2.37. The number of urea groups is 1. The van der Waals surface area contributed by atoms with Crippen LogP contribution in [0.4, 0.5) is 10.5 Å². The average molecular weight is 370 g/mol. The molecule has 1 atom stereocenters. The van der Waals surface area contributed by atoms with Crippen LogP contribution < -0.4 is 14.8 Å². The van der Waals surface area contributed by atoms with E-state index in [4.69, 9.17) is 9.47 Å². The number of para-hydroxylation sites is 1. The first-order valence-electron chi connectivity index (χ1n) is 8.62. The number of carbonyl (C=O) groups excluding carboxylic acids is 1. The summed E-state index contributed by atoms with van der Waals surface area (Å²) in [5.74, 6) is 0.129. The number of methoxy groups -OCH3 is 2. The number of ether oxygens (including phenoxy) is 2. The third kappa shape index (κ3) is 3.97. The highest BCUT2D eigenvalue weighted by molar-refractivity contribution is 5.90.